The highest BCUT2D eigenvalue weighted by Gasteiger charge is 2.48. The molecule has 0 aliphatic carbocycles. The zero-order valence-electron chi connectivity index (χ0n) is 9.44. The van der Waals surface area contributed by atoms with Gasteiger partial charge in [-0.15, -0.1) is 0 Å². The maximum absolute atomic E-state index is 11.9. The smallest absolute Gasteiger partial charge is 0.226 e. The number of benzene rings is 1. The van der Waals surface area contributed by atoms with Gasteiger partial charge in [0.05, 0.1) is 5.69 Å². The summed E-state index contributed by atoms with van der Waals surface area (Å²) in [7, 11) is 0. The van der Waals surface area contributed by atoms with Gasteiger partial charge in [0.1, 0.15) is 0 Å². The molecule has 0 spiro atoms. The van der Waals surface area contributed by atoms with Crippen LogP contribution in [0.4, 0.5) is 5.69 Å². The van der Waals surface area contributed by atoms with Gasteiger partial charge in [0.2, 0.25) is 17.4 Å². The minimum absolute atomic E-state index is 0.346. The number of hydrogen-bond acceptors (Lipinski definition) is 3. The van der Waals surface area contributed by atoms with Crippen LogP contribution in [0.3, 0.4) is 0 Å². The summed E-state index contributed by atoms with van der Waals surface area (Å²) in [5.74, 6) is -0.776. The second-order valence-electron chi connectivity index (χ2n) is 4.22. The van der Waals surface area contributed by atoms with Crippen molar-refractivity contribution < 1.29 is 14.7 Å². The number of nitrogens with zero attached hydrogens (tertiary/aromatic N) is 1. The van der Waals surface area contributed by atoms with Gasteiger partial charge < -0.3 is 5.11 Å². The summed E-state index contributed by atoms with van der Waals surface area (Å²) in [6, 6.07) is 5.18. The van der Waals surface area contributed by atoms with Crippen LogP contribution < -0.4 is 4.90 Å². The minimum Gasteiger partial charge on any atom is -0.364 e. The Morgan fingerprint density at radius 2 is 2.06 bits per heavy atom. The molecular formula is C12H13NO3. The van der Waals surface area contributed by atoms with Crippen LogP contribution in [0, 0.1) is 6.92 Å². The summed E-state index contributed by atoms with van der Waals surface area (Å²) in [4.78, 5) is 24.5. The molecule has 1 N–H and O–H groups in total. The normalized spacial score (nSPS) is 23.5. The molecule has 1 heterocycles. The van der Waals surface area contributed by atoms with Gasteiger partial charge in [0.25, 0.3) is 0 Å². The summed E-state index contributed by atoms with van der Waals surface area (Å²) in [6.07, 6.45) is 0. The van der Waals surface area contributed by atoms with Gasteiger partial charge in [-0.05, 0) is 26.0 Å². The molecule has 0 aromatic heterocycles. The number of fused-ring (bicyclic) bond motifs is 1. The van der Waals surface area contributed by atoms with E-state index in [2.05, 4.69) is 0 Å². The van der Waals surface area contributed by atoms with Gasteiger partial charge in [-0.1, -0.05) is 11.6 Å². The van der Waals surface area contributed by atoms with E-state index >= 15 is 0 Å². The van der Waals surface area contributed by atoms with E-state index < -0.39 is 11.5 Å². The molecular weight excluding hydrogens is 206 g/mol. The molecule has 16 heavy (non-hydrogen) atoms. The Labute approximate surface area is 93.5 Å². The molecule has 0 saturated heterocycles. The predicted molar refractivity (Wildman–Crippen MR) is 59.3 cm³/mol. The van der Waals surface area contributed by atoms with Gasteiger partial charge in [-0.25, -0.2) is 0 Å². The first-order chi connectivity index (χ1) is 7.35. The average Bonchev–Trinajstić information content (AvgIpc) is 2.36. The van der Waals surface area contributed by atoms with Gasteiger partial charge >= 0.3 is 0 Å². The van der Waals surface area contributed by atoms with Crippen LogP contribution in [0.2, 0.25) is 0 Å². The molecule has 1 aliphatic rings. The third kappa shape index (κ3) is 1.27. The van der Waals surface area contributed by atoms with Crippen molar-refractivity contribution in [1.82, 2.24) is 0 Å². The number of amides is 1. The van der Waals surface area contributed by atoms with E-state index in [-0.39, 0.29) is 5.91 Å². The lowest BCUT2D eigenvalue weighted by atomic mass is 10.1. The lowest BCUT2D eigenvalue weighted by molar-refractivity contribution is -0.119. The predicted octanol–water partition coefficient (Wildman–Crippen LogP) is 1.25. The number of hydrogen-bond donors (Lipinski definition) is 1. The van der Waals surface area contributed by atoms with E-state index in [4.69, 9.17) is 0 Å². The molecule has 4 heteroatoms. The number of aryl methyl sites for hydroxylation is 1. The van der Waals surface area contributed by atoms with E-state index in [9.17, 15) is 14.7 Å². The minimum atomic E-state index is -1.76. The maximum Gasteiger partial charge on any atom is 0.226 e. The molecule has 0 radical (unpaired) electrons. The van der Waals surface area contributed by atoms with Gasteiger partial charge in [-0.2, -0.15) is 0 Å². The molecule has 0 bridgehead atoms. The molecule has 1 amide bonds. The first-order valence-corrected chi connectivity index (χ1v) is 5.04. The molecule has 4 nitrogen and oxygen atoms in total. The molecule has 1 unspecified atom stereocenters. The molecule has 1 aromatic rings. The van der Waals surface area contributed by atoms with Crippen LogP contribution in [-0.4, -0.2) is 22.5 Å². The number of carbonyl (C=O) groups is 2. The average molecular weight is 219 g/mol. The quantitative estimate of drug-likeness (QED) is 0.714. The van der Waals surface area contributed by atoms with Crippen LogP contribution >= 0.6 is 0 Å². The Balaban J connectivity index is 2.68. The Morgan fingerprint density at radius 1 is 1.44 bits per heavy atom. The molecule has 1 aliphatic heterocycles. The highest BCUT2D eigenvalue weighted by molar-refractivity contribution is 6.18. The zero-order valence-corrected chi connectivity index (χ0v) is 9.44. The standard InChI is InChI=1S/C12H13NO3/c1-7-4-5-10-9(6-7)11(15)12(3,16)13(10)8(2)14/h4-6,16H,1-3H3. The van der Waals surface area contributed by atoms with Crippen LogP contribution in [0.5, 0.6) is 0 Å². The topological polar surface area (TPSA) is 57.6 Å². The van der Waals surface area contributed by atoms with Crippen molar-refractivity contribution in [2.75, 3.05) is 4.90 Å². The number of carbonyl (C=O) groups excluding carboxylic acids is 2. The molecule has 1 atom stereocenters. The maximum atomic E-state index is 11.9. The second-order valence-corrected chi connectivity index (χ2v) is 4.22. The fraction of sp³-hybridized carbons (Fsp3) is 0.333. The van der Waals surface area contributed by atoms with Crippen LogP contribution in [0.25, 0.3) is 0 Å². The fourth-order valence-corrected chi connectivity index (χ4v) is 2.09. The van der Waals surface area contributed by atoms with Crippen molar-refractivity contribution >= 4 is 17.4 Å². The number of ketones is 1. The number of Topliss-reactive ketones (excluding diaryl/α,β-unsaturated/α-hetero) is 1. The third-order valence-corrected chi connectivity index (χ3v) is 2.82. The van der Waals surface area contributed by atoms with E-state index in [1.165, 1.54) is 13.8 Å². The fourth-order valence-electron chi connectivity index (χ4n) is 2.09. The van der Waals surface area contributed by atoms with Gasteiger partial charge in [0.15, 0.2) is 0 Å². The first kappa shape index (κ1) is 10.8. The number of rotatable bonds is 0. The van der Waals surface area contributed by atoms with Crippen molar-refractivity contribution in [3.8, 4) is 0 Å². The second kappa shape index (κ2) is 3.15. The highest BCUT2D eigenvalue weighted by Crippen LogP contribution is 2.37. The molecule has 0 saturated carbocycles. The highest BCUT2D eigenvalue weighted by atomic mass is 16.3. The largest absolute Gasteiger partial charge is 0.364 e. The molecule has 1 aromatic carbocycles. The van der Waals surface area contributed by atoms with E-state index in [0.717, 1.165) is 10.5 Å². The zero-order chi connectivity index (χ0) is 12.1. The Kier molecular flexibility index (Phi) is 2.13. The summed E-state index contributed by atoms with van der Waals surface area (Å²) < 4.78 is 0. The third-order valence-electron chi connectivity index (χ3n) is 2.82. The molecule has 84 valence electrons. The van der Waals surface area contributed by atoms with Crippen molar-refractivity contribution in [1.29, 1.82) is 0 Å². The van der Waals surface area contributed by atoms with E-state index in [1.807, 2.05) is 13.0 Å². The number of anilines is 1. The number of aliphatic hydroxyl groups is 1. The lowest BCUT2D eigenvalue weighted by Crippen LogP contribution is -2.50. The monoisotopic (exact) mass is 219 g/mol. The van der Waals surface area contributed by atoms with E-state index in [0.29, 0.717) is 11.3 Å². The van der Waals surface area contributed by atoms with E-state index in [1.54, 1.807) is 12.1 Å². The SMILES string of the molecule is CC(=O)N1c2ccc(C)cc2C(=O)C1(C)O. The Bertz CT molecular complexity index is 491. The lowest BCUT2D eigenvalue weighted by Gasteiger charge is -2.27. The van der Waals surface area contributed by atoms with Crippen LogP contribution in [0.15, 0.2) is 18.2 Å². The summed E-state index contributed by atoms with van der Waals surface area (Å²) >= 11 is 0. The Hall–Kier alpha value is -1.68. The van der Waals surface area contributed by atoms with Gasteiger partial charge in [0, 0.05) is 12.5 Å². The summed E-state index contributed by atoms with van der Waals surface area (Å²) in [5.41, 5.74) is 0.0451. The van der Waals surface area contributed by atoms with Gasteiger partial charge in [-0.3, -0.25) is 14.5 Å². The summed E-state index contributed by atoms with van der Waals surface area (Å²) in [5, 5.41) is 10.1. The van der Waals surface area contributed by atoms with Crippen molar-refractivity contribution in [3.63, 3.8) is 0 Å². The van der Waals surface area contributed by atoms with Crippen molar-refractivity contribution in [2.24, 2.45) is 0 Å². The first-order valence-electron chi connectivity index (χ1n) is 5.04. The molecule has 2 rings (SSSR count). The van der Waals surface area contributed by atoms with Crippen molar-refractivity contribution in [2.45, 2.75) is 26.5 Å². The molecule has 0 fully saturated rings. The van der Waals surface area contributed by atoms with Crippen LogP contribution in [0.1, 0.15) is 29.8 Å². The van der Waals surface area contributed by atoms with Crippen LogP contribution in [-0.2, 0) is 4.79 Å². The Morgan fingerprint density at radius 3 is 2.62 bits per heavy atom. The van der Waals surface area contributed by atoms with Crippen molar-refractivity contribution in [3.05, 3.63) is 29.3 Å². The summed E-state index contributed by atoms with van der Waals surface area (Å²) in [6.45, 7) is 4.53.